The lowest BCUT2D eigenvalue weighted by Gasteiger charge is -2.02. The van der Waals surface area contributed by atoms with Gasteiger partial charge in [0, 0.05) is 11.4 Å². The molecule has 4 heteroatoms. The maximum atomic E-state index is 13.3. The molecule has 0 bridgehead atoms. The van der Waals surface area contributed by atoms with Crippen molar-refractivity contribution in [2.45, 2.75) is 13.3 Å². The molecule has 0 heterocycles. The van der Waals surface area contributed by atoms with Crippen LogP contribution < -0.4 is 0 Å². The zero-order valence-electron chi connectivity index (χ0n) is 6.90. The number of ketones is 1. The van der Waals surface area contributed by atoms with Crippen LogP contribution in [0.3, 0.4) is 0 Å². The van der Waals surface area contributed by atoms with E-state index in [9.17, 15) is 9.18 Å². The van der Waals surface area contributed by atoms with Gasteiger partial charge in [-0.05, 0) is 28.1 Å². The molecule has 0 aliphatic rings. The molecule has 0 fully saturated rings. The Morgan fingerprint density at radius 2 is 2.23 bits per heavy atom. The number of benzene rings is 1. The summed E-state index contributed by atoms with van der Waals surface area (Å²) in [6.07, 6.45) is 0.268. The number of hydrogen-bond acceptors (Lipinski definition) is 1. The fraction of sp³-hybridized carbons (Fsp3) is 0.222. The van der Waals surface area contributed by atoms with Crippen molar-refractivity contribution in [3.63, 3.8) is 0 Å². The van der Waals surface area contributed by atoms with Crippen LogP contribution in [-0.2, 0) is 0 Å². The molecule has 0 radical (unpaired) electrons. The SMILES string of the molecule is CCC(=O)c1cc(Cl)cc(Br)c1F. The molecule has 70 valence electrons. The summed E-state index contributed by atoms with van der Waals surface area (Å²) < 4.78 is 13.5. The van der Waals surface area contributed by atoms with Crippen LogP contribution in [-0.4, -0.2) is 5.78 Å². The molecule has 0 saturated heterocycles. The summed E-state index contributed by atoms with van der Waals surface area (Å²) in [5, 5.41) is 0.352. The molecule has 0 atom stereocenters. The molecule has 0 spiro atoms. The summed E-state index contributed by atoms with van der Waals surface area (Å²) >= 11 is 8.66. The van der Waals surface area contributed by atoms with Gasteiger partial charge in [-0.1, -0.05) is 18.5 Å². The second kappa shape index (κ2) is 4.20. The van der Waals surface area contributed by atoms with E-state index in [2.05, 4.69) is 15.9 Å². The lowest BCUT2D eigenvalue weighted by molar-refractivity contribution is 0.0984. The highest BCUT2D eigenvalue weighted by Gasteiger charge is 2.13. The fourth-order valence-electron chi connectivity index (χ4n) is 0.949. The van der Waals surface area contributed by atoms with Crippen molar-refractivity contribution in [2.75, 3.05) is 0 Å². The molecular formula is C9H7BrClFO. The highest BCUT2D eigenvalue weighted by molar-refractivity contribution is 9.10. The van der Waals surface area contributed by atoms with Crippen molar-refractivity contribution in [1.29, 1.82) is 0 Å². The first-order valence-electron chi connectivity index (χ1n) is 3.74. The minimum atomic E-state index is -0.545. The topological polar surface area (TPSA) is 17.1 Å². The van der Waals surface area contributed by atoms with E-state index in [1.165, 1.54) is 12.1 Å². The van der Waals surface area contributed by atoms with E-state index < -0.39 is 5.82 Å². The van der Waals surface area contributed by atoms with Gasteiger partial charge in [0.15, 0.2) is 5.78 Å². The van der Waals surface area contributed by atoms with Crippen LogP contribution in [0.5, 0.6) is 0 Å². The largest absolute Gasteiger partial charge is 0.294 e. The molecular weight excluding hydrogens is 258 g/mol. The maximum Gasteiger partial charge on any atom is 0.165 e. The van der Waals surface area contributed by atoms with Gasteiger partial charge in [-0.3, -0.25) is 4.79 Å². The molecule has 1 aromatic carbocycles. The van der Waals surface area contributed by atoms with E-state index in [-0.39, 0.29) is 22.2 Å². The van der Waals surface area contributed by atoms with Gasteiger partial charge in [-0.2, -0.15) is 0 Å². The standard InChI is InChI=1S/C9H7BrClFO/c1-2-8(13)6-3-5(11)4-7(10)9(6)12/h3-4H,2H2,1H3. The van der Waals surface area contributed by atoms with Gasteiger partial charge in [-0.15, -0.1) is 0 Å². The van der Waals surface area contributed by atoms with Gasteiger partial charge in [-0.25, -0.2) is 4.39 Å². The minimum absolute atomic E-state index is 0.0434. The molecule has 0 aromatic heterocycles. The quantitative estimate of drug-likeness (QED) is 0.586. The van der Waals surface area contributed by atoms with Crippen molar-refractivity contribution in [2.24, 2.45) is 0 Å². The molecule has 0 N–H and O–H groups in total. The van der Waals surface area contributed by atoms with Gasteiger partial charge in [0.2, 0.25) is 0 Å². The normalized spacial score (nSPS) is 10.2. The van der Waals surface area contributed by atoms with E-state index in [0.717, 1.165) is 0 Å². The average molecular weight is 266 g/mol. The Bertz CT molecular complexity index is 352. The molecule has 0 aliphatic carbocycles. The van der Waals surface area contributed by atoms with Gasteiger partial charge in [0.1, 0.15) is 5.82 Å². The predicted octanol–water partition coefficient (Wildman–Crippen LogP) is 3.83. The first kappa shape index (κ1) is 10.7. The van der Waals surface area contributed by atoms with Crippen LogP contribution >= 0.6 is 27.5 Å². The van der Waals surface area contributed by atoms with Crippen LogP contribution in [0.2, 0.25) is 5.02 Å². The van der Waals surface area contributed by atoms with Crippen molar-refractivity contribution in [1.82, 2.24) is 0 Å². The van der Waals surface area contributed by atoms with E-state index >= 15 is 0 Å². The molecule has 13 heavy (non-hydrogen) atoms. The van der Waals surface area contributed by atoms with Crippen molar-refractivity contribution >= 4 is 33.3 Å². The van der Waals surface area contributed by atoms with Crippen LogP contribution in [0.4, 0.5) is 4.39 Å². The molecule has 0 unspecified atom stereocenters. The van der Waals surface area contributed by atoms with Crippen LogP contribution in [0.15, 0.2) is 16.6 Å². The van der Waals surface area contributed by atoms with Gasteiger partial charge < -0.3 is 0 Å². The Hall–Kier alpha value is -0.410. The summed E-state index contributed by atoms with van der Waals surface area (Å²) in [5.41, 5.74) is 0.0434. The summed E-state index contributed by atoms with van der Waals surface area (Å²) in [6, 6.07) is 2.76. The van der Waals surface area contributed by atoms with Gasteiger partial charge in [0.05, 0.1) is 10.0 Å². The number of Topliss-reactive ketones (excluding diaryl/α,β-unsaturated/α-hetero) is 1. The fourth-order valence-corrected chi connectivity index (χ4v) is 1.76. The molecule has 0 saturated carbocycles. The number of carbonyl (C=O) groups is 1. The third-order valence-electron chi connectivity index (χ3n) is 1.61. The Morgan fingerprint density at radius 1 is 1.62 bits per heavy atom. The maximum absolute atomic E-state index is 13.3. The zero-order valence-corrected chi connectivity index (χ0v) is 9.25. The third-order valence-corrected chi connectivity index (χ3v) is 2.41. The van der Waals surface area contributed by atoms with Gasteiger partial charge in [0.25, 0.3) is 0 Å². The summed E-state index contributed by atoms with van der Waals surface area (Å²) in [6.45, 7) is 1.68. The molecule has 0 amide bonds. The molecule has 1 aromatic rings. The first-order valence-corrected chi connectivity index (χ1v) is 4.91. The predicted molar refractivity (Wildman–Crippen MR) is 53.7 cm³/mol. The highest BCUT2D eigenvalue weighted by Crippen LogP contribution is 2.24. The van der Waals surface area contributed by atoms with Crippen LogP contribution in [0, 0.1) is 5.82 Å². The third kappa shape index (κ3) is 2.29. The Labute approximate surface area is 89.0 Å². The molecule has 0 aliphatic heterocycles. The molecule has 1 nitrogen and oxygen atoms in total. The monoisotopic (exact) mass is 264 g/mol. The van der Waals surface area contributed by atoms with E-state index in [0.29, 0.717) is 5.02 Å². The van der Waals surface area contributed by atoms with E-state index in [4.69, 9.17) is 11.6 Å². The average Bonchev–Trinajstić information content (AvgIpc) is 2.10. The molecule has 1 rings (SSSR count). The van der Waals surface area contributed by atoms with Crippen molar-refractivity contribution in [3.05, 3.63) is 33.0 Å². The highest BCUT2D eigenvalue weighted by atomic mass is 79.9. The second-order valence-electron chi connectivity index (χ2n) is 2.53. The lowest BCUT2D eigenvalue weighted by atomic mass is 10.1. The first-order chi connectivity index (χ1) is 6.06. The Kier molecular flexibility index (Phi) is 3.45. The summed E-state index contributed by atoms with van der Waals surface area (Å²) in [4.78, 5) is 11.2. The summed E-state index contributed by atoms with van der Waals surface area (Å²) in [7, 11) is 0. The number of halogens is 3. The van der Waals surface area contributed by atoms with Crippen molar-refractivity contribution in [3.8, 4) is 0 Å². The van der Waals surface area contributed by atoms with E-state index in [1.54, 1.807) is 6.92 Å². The minimum Gasteiger partial charge on any atom is -0.294 e. The zero-order chi connectivity index (χ0) is 10.0. The second-order valence-corrected chi connectivity index (χ2v) is 3.82. The number of rotatable bonds is 2. The van der Waals surface area contributed by atoms with Crippen molar-refractivity contribution < 1.29 is 9.18 Å². The lowest BCUT2D eigenvalue weighted by Crippen LogP contribution is -2.01. The Balaban J connectivity index is 3.28. The van der Waals surface area contributed by atoms with E-state index in [1.807, 2.05) is 0 Å². The summed E-state index contributed by atoms with van der Waals surface area (Å²) in [5.74, 6) is -0.794. The smallest absolute Gasteiger partial charge is 0.165 e. The Morgan fingerprint density at radius 3 is 2.77 bits per heavy atom. The number of hydrogen-bond donors (Lipinski definition) is 0. The van der Waals surface area contributed by atoms with Crippen LogP contribution in [0.1, 0.15) is 23.7 Å². The number of carbonyl (C=O) groups excluding carboxylic acids is 1. The van der Waals surface area contributed by atoms with Crippen LogP contribution in [0.25, 0.3) is 0 Å². The van der Waals surface area contributed by atoms with Gasteiger partial charge >= 0.3 is 0 Å².